The fourth-order valence-corrected chi connectivity index (χ4v) is 2.04. The number of nitrogens with one attached hydrogen (secondary N) is 1. The maximum atomic E-state index is 12.1. The van der Waals surface area contributed by atoms with E-state index in [1.54, 1.807) is 12.5 Å². The molecule has 0 radical (unpaired) electrons. The van der Waals surface area contributed by atoms with E-state index < -0.39 is 0 Å². The number of benzene rings is 2. The molecule has 0 amide bonds. The number of rotatable bonds is 3. The molecule has 0 fully saturated rings. The molecule has 0 spiro atoms. The largest absolute Gasteiger partial charge is 0.290 e. The van der Waals surface area contributed by atoms with Gasteiger partial charge < -0.3 is 0 Å². The lowest BCUT2D eigenvalue weighted by Gasteiger charge is -2.01. The van der Waals surface area contributed by atoms with Gasteiger partial charge in [0.25, 0.3) is 0 Å². The molecule has 88 valence electrons. The lowest BCUT2D eigenvalue weighted by Crippen LogP contribution is -2.35. The van der Waals surface area contributed by atoms with E-state index in [2.05, 4.69) is 4.98 Å². The average molecular weight is 237 g/mol. The highest BCUT2D eigenvalue weighted by atomic mass is 16.1. The third-order valence-corrected chi connectivity index (χ3v) is 3.00. The van der Waals surface area contributed by atoms with Crippen molar-refractivity contribution in [2.45, 2.75) is 6.54 Å². The first-order chi connectivity index (χ1) is 8.83. The van der Waals surface area contributed by atoms with E-state index in [0.717, 1.165) is 16.3 Å². The zero-order valence-corrected chi connectivity index (χ0v) is 9.84. The van der Waals surface area contributed by atoms with Gasteiger partial charge in [-0.15, -0.1) is 0 Å². The molecule has 0 aliphatic rings. The van der Waals surface area contributed by atoms with Crippen LogP contribution in [0.3, 0.4) is 0 Å². The molecule has 0 atom stereocenters. The summed E-state index contributed by atoms with van der Waals surface area (Å²) in [6, 6.07) is 13.9. The topological polar surface area (TPSA) is 36.7 Å². The predicted molar refractivity (Wildman–Crippen MR) is 69.3 cm³/mol. The molecule has 1 aromatic heterocycles. The Morgan fingerprint density at radius 2 is 1.94 bits per heavy atom. The number of aromatic amines is 1. The number of imidazole rings is 1. The Balaban J connectivity index is 1.92. The van der Waals surface area contributed by atoms with Gasteiger partial charge in [0.1, 0.15) is 12.4 Å². The molecule has 0 saturated heterocycles. The summed E-state index contributed by atoms with van der Waals surface area (Å²) >= 11 is 0. The number of carbonyl (C=O) groups excluding carboxylic acids is 1. The summed E-state index contributed by atoms with van der Waals surface area (Å²) in [6.07, 6.45) is 5.42. The van der Waals surface area contributed by atoms with Crippen LogP contribution in [-0.4, -0.2) is 10.8 Å². The van der Waals surface area contributed by atoms with Crippen molar-refractivity contribution in [3.8, 4) is 0 Å². The molecule has 0 aliphatic carbocycles. The molecular formula is C15H13N2O+. The number of aromatic nitrogens is 2. The van der Waals surface area contributed by atoms with Crippen molar-refractivity contribution in [2.75, 3.05) is 0 Å². The normalized spacial score (nSPS) is 10.7. The summed E-state index contributed by atoms with van der Waals surface area (Å²) in [6.45, 7) is 0.363. The summed E-state index contributed by atoms with van der Waals surface area (Å²) in [5.74, 6) is 0.116. The fourth-order valence-electron chi connectivity index (χ4n) is 2.04. The molecule has 3 rings (SSSR count). The van der Waals surface area contributed by atoms with E-state index in [-0.39, 0.29) is 5.78 Å². The third kappa shape index (κ3) is 2.02. The van der Waals surface area contributed by atoms with E-state index in [4.69, 9.17) is 0 Å². The Hall–Kier alpha value is -2.42. The van der Waals surface area contributed by atoms with Gasteiger partial charge >= 0.3 is 0 Å². The average Bonchev–Trinajstić information content (AvgIpc) is 2.91. The molecular weight excluding hydrogens is 224 g/mol. The van der Waals surface area contributed by atoms with Gasteiger partial charge in [0, 0.05) is 5.56 Å². The van der Waals surface area contributed by atoms with E-state index in [9.17, 15) is 4.79 Å². The zero-order valence-electron chi connectivity index (χ0n) is 9.84. The van der Waals surface area contributed by atoms with E-state index >= 15 is 0 Å². The highest BCUT2D eigenvalue weighted by Crippen LogP contribution is 2.15. The monoisotopic (exact) mass is 237 g/mol. The van der Waals surface area contributed by atoms with Crippen LogP contribution in [0, 0.1) is 0 Å². The number of hydrogen-bond acceptors (Lipinski definition) is 1. The van der Waals surface area contributed by atoms with Crippen molar-refractivity contribution in [1.82, 2.24) is 4.98 Å². The van der Waals surface area contributed by atoms with Crippen LogP contribution in [0.1, 0.15) is 10.4 Å². The van der Waals surface area contributed by atoms with Crippen LogP contribution in [0.15, 0.2) is 61.2 Å². The summed E-state index contributed by atoms with van der Waals surface area (Å²) in [4.78, 5) is 15.0. The molecule has 3 nitrogen and oxygen atoms in total. The highest BCUT2D eigenvalue weighted by molar-refractivity contribution is 5.99. The van der Waals surface area contributed by atoms with E-state index in [1.807, 2.05) is 53.2 Å². The van der Waals surface area contributed by atoms with Gasteiger partial charge in [0.15, 0.2) is 6.54 Å². The number of hydrogen-bond donors (Lipinski definition) is 1. The number of carbonyl (C=O) groups is 1. The van der Waals surface area contributed by atoms with Crippen molar-refractivity contribution in [3.63, 3.8) is 0 Å². The molecule has 0 saturated carbocycles. The lowest BCUT2D eigenvalue weighted by atomic mass is 10.0. The van der Waals surface area contributed by atoms with Gasteiger partial charge in [-0.3, -0.25) is 9.78 Å². The van der Waals surface area contributed by atoms with Gasteiger partial charge in [0.05, 0.1) is 0 Å². The molecule has 3 heteroatoms. The molecule has 2 aromatic carbocycles. The van der Waals surface area contributed by atoms with Crippen molar-refractivity contribution in [2.24, 2.45) is 0 Å². The highest BCUT2D eigenvalue weighted by Gasteiger charge is 2.10. The predicted octanol–water partition coefficient (Wildman–Crippen LogP) is 2.34. The van der Waals surface area contributed by atoms with Gasteiger partial charge in [0.2, 0.25) is 12.1 Å². The Bertz CT molecular complexity index is 687. The van der Waals surface area contributed by atoms with Gasteiger partial charge in [-0.25, -0.2) is 4.57 Å². The summed E-state index contributed by atoms with van der Waals surface area (Å²) in [7, 11) is 0. The molecule has 3 aromatic rings. The summed E-state index contributed by atoms with van der Waals surface area (Å²) < 4.78 is 1.83. The Morgan fingerprint density at radius 3 is 2.72 bits per heavy atom. The minimum absolute atomic E-state index is 0.116. The van der Waals surface area contributed by atoms with Crippen LogP contribution >= 0.6 is 0 Å². The van der Waals surface area contributed by atoms with Crippen LogP contribution in [0.2, 0.25) is 0 Å². The molecule has 0 unspecified atom stereocenters. The van der Waals surface area contributed by atoms with Crippen LogP contribution in [0.25, 0.3) is 10.8 Å². The Kier molecular flexibility index (Phi) is 2.65. The third-order valence-electron chi connectivity index (χ3n) is 3.00. The molecule has 0 aliphatic heterocycles. The standard InChI is InChI=1S/C15H12N2O/c18-15(10-17-8-7-16-11-17)14-6-5-12-3-1-2-4-13(12)9-14/h1-9,11H,10H2/p+1. The van der Waals surface area contributed by atoms with Crippen molar-refractivity contribution < 1.29 is 9.36 Å². The van der Waals surface area contributed by atoms with Crippen molar-refractivity contribution in [1.29, 1.82) is 0 Å². The number of ketones is 1. The van der Waals surface area contributed by atoms with Crippen molar-refractivity contribution in [3.05, 3.63) is 66.7 Å². The van der Waals surface area contributed by atoms with Crippen LogP contribution in [-0.2, 0) is 6.54 Å². The second kappa shape index (κ2) is 4.45. The van der Waals surface area contributed by atoms with Crippen LogP contribution < -0.4 is 4.57 Å². The second-order valence-electron chi connectivity index (χ2n) is 4.27. The summed E-state index contributed by atoms with van der Waals surface area (Å²) in [5.41, 5.74) is 0.752. The fraction of sp³-hybridized carbons (Fsp3) is 0.0667. The maximum absolute atomic E-state index is 12.1. The van der Waals surface area contributed by atoms with Gasteiger partial charge in [-0.1, -0.05) is 36.4 Å². The van der Waals surface area contributed by atoms with Gasteiger partial charge in [-0.2, -0.15) is 0 Å². The minimum Gasteiger partial charge on any atom is -0.290 e. The van der Waals surface area contributed by atoms with Crippen molar-refractivity contribution >= 4 is 16.6 Å². The minimum atomic E-state index is 0.116. The van der Waals surface area contributed by atoms with E-state index in [0.29, 0.717) is 6.54 Å². The molecule has 1 heterocycles. The Labute approximate surface area is 105 Å². The zero-order chi connectivity index (χ0) is 12.4. The molecule has 0 bridgehead atoms. The number of fused-ring (bicyclic) bond motifs is 1. The first kappa shape index (κ1) is 10.7. The quantitative estimate of drug-likeness (QED) is 0.551. The molecule has 18 heavy (non-hydrogen) atoms. The van der Waals surface area contributed by atoms with E-state index in [1.165, 1.54) is 0 Å². The second-order valence-corrected chi connectivity index (χ2v) is 4.27. The van der Waals surface area contributed by atoms with Crippen LogP contribution in [0.5, 0.6) is 0 Å². The lowest BCUT2D eigenvalue weighted by molar-refractivity contribution is -0.681. The smallest absolute Gasteiger partial charge is 0.241 e. The number of H-pyrrole nitrogens is 1. The molecule has 1 N–H and O–H groups in total. The van der Waals surface area contributed by atoms with Gasteiger partial charge in [-0.05, 0) is 16.8 Å². The van der Waals surface area contributed by atoms with Crippen LogP contribution in [0.4, 0.5) is 0 Å². The summed E-state index contributed by atoms with van der Waals surface area (Å²) in [5, 5.41) is 2.26. The number of Topliss-reactive ketones (excluding diaryl/α,β-unsaturated/α-hetero) is 1. The number of nitrogens with zero attached hydrogens (tertiary/aromatic N) is 1. The first-order valence-electron chi connectivity index (χ1n) is 5.87. The SMILES string of the molecule is O=C(C[n+]1cc[nH]c1)c1ccc2ccccc2c1. The maximum Gasteiger partial charge on any atom is 0.241 e. The first-order valence-corrected chi connectivity index (χ1v) is 5.87. The Morgan fingerprint density at radius 1 is 1.11 bits per heavy atom.